The molecular formula is C30H34Cl2N4O7S. The fraction of sp³-hybridized carbons (Fsp3) is 0.333. The molecule has 2 atom stereocenters. The van der Waals surface area contributed by atoms with Crippen molar-refractivity contribution in [2.75, 3.05) is 18.0 Å². The maximum atomic E-state index is 14.2. The van der Waals surface area contributed by atoms with Gasteiger partial charge in [0, 0.05) is 34.3 Å². The number of anilines is 1. The van der Waals surface area contributed by atoms with E-state index in [4.69, 9.17) is 27.9 Å². The zero-order valence-electron chi connectivity index (χ0n) is 24.9. The molecule has 0 aliphatic rings. The highest BCUT2D eigenvalue weighted by Gasteiger charge is 2.35. The number of carbonyl (C=O) groups excluding carboxylic acids is 2. The summed E-state index contributed by atoms with van der Waals surface area (Å²) in [4.78, 5) is 39.1. The Morgan fingerprint density at radius 2 is 1.73 bits per heavy atom. The van der Waals surface area contributed by atoms with Crippen molar-refractivity contribution in [3.05, 3.63) is 92.0 Å². The second-order valence-electron chi connectivity index (χ2n) is 10.2. The summed E-state index contributed by atoms with van der Waals surface area (Å²) >= 11 is 12.4. The lowest BCUT2D eigenvalue weighted by Gasteiger charge is -2.33. The van der Waals surface area contributed by atoms with Gasteiger partial charge in [-0.1, -0.05) is 48.3 Å². The van der Waals surface area contributed by atoms with Crippen LogP contribution in [0, 0.1) is 17.0 Å². The lowest BCUT2D eigenvalue weighted by atomic mass is 10.1. The van der Waals surface area contributed by atoms with Crippen LogP contribution in [0.25, 0.3) is 0 Å². The number of hydrogen-bond acceptors (Lipinski definition) is 7. The van der Waals surface area contributed by atoms with Crippen LogP contribution in [0.1, 0.15) is 38.3 Å². The van der Waals surface area contributed by atoms with Crippen LogP contribution in [0.2, 0.25) is 10.0 Å². The molecule has 14 heteroatoms. The highest BCUT2D eigenvalue weighted by Crippen LogP contribution is 2.36. The Labute approximate surface area is 266 Å². The number of ether oxygens (including phenoxy) is 1. The molecule has 0 aromatic heterocycles. The molecule has 0 saturated heterocycles. The summed E-state index contributed by atoms with van der Waals surface area (Å²) in [6, 6.07) is 13.3. The molecule has 3 rings (SSSR count). The zero-order valence-corrected chi connectivity index (χ0v) is 27.2. The third kappa shape index (κ3) is 8.19. The van der Waals surface area contributed by atoms with E-state index >= 15 is 0 Å². The topological polar surface area (TPSA) is 139 Å². The second kappa shape index (κ2) is 14.7. The third-order valence-corrected chi connectivity index (χ3v) is 9.29. The molecule has 0 radical (unpaired) electrons. The molecule has 44 heavy (non-hydrogen) atoms. The smallest absolute Gasteiger partial charge is 0.273 e. The molecule has 0 aliphatic carbocycles. The predicted octanol–water partition coefficient (Wildman–Crippen LogP) is 5.75. The molecule has 0 fully saturated rings. The van der Waals surface area contributed by atoms with Gasteiger partial charge in [0.05, 0.1) is 22.6 Å². The minimum Gasteiger partial charge on any atom is -0.495 e. The summed E-state index contributed by atoms with van der Waals surface area (Å²) in [5, 5.41) is 15.1. The largest absolute Gasteiger partial charge is 0.495 e. The molecule has 11 nitrogen and oxygen atoms in total. The number of benzene rings is 3. The minimum absolute atomic E-state index is 0.0644. The monoisotopic (exact) mass is 664 g/mol. The number of aryl methyl sites for hydroxylation is 1. The van der Waals surface area contributed by atoms with Gasteiger partial charge >= 0.3 is 0 Å². The Morgan fingerprint density at radius 1 is 1.05 bits per heavy atom. The van der Waals surface area contributed by atoms with E-state index in [-0.39, 0.29) is 34.6 Å². The number of sulfonamides is 1. The number of nitrogens with zero attached hydrogens (tertiary/aromatic N) is 3. The quantitative estimate of drug-likeness (QED) is 0.181. The summed E-state index contributed by atoms with van der Waals surface area (Å²) in [6.45, 7) is 5.90. The molecule has 3 aromatic rings. The molecule has 0 unspecified atom stereocenters. The fourth-order valence-corrected chi connectivity index (χ4v) is 6.14. The van der Waals surface area contributed by atoms with Gasteiger partial charge in [-0.3, -0.25) is 24.0 Å². The number of amides is 2. The van der Waals surface area contributed by atoms with Crippen molar-refractivity contribution in [1.29, 1.82) is 0 Å². The maximum Gasteiger partial charge on any atom is 0.273 e. The van der Waals surface area contributed by atoms with Gasteiger partial charge in [0.1, 0.15) is 18.3 Å². The Morgan fingerprint density at radius 3 is 2.34 bits per heavy atom. The van der Waals surface area contributed by atoms with Crippen LogP contribution in [0.5, 0.6) is 5.75 Å². The van der Waals surface area contributed by atoms with E-state index in [1.165, 1.54) is 49.3 Å². The third-order valence-electron chi connectivity index (χ3n) is 7.06. The van der Waals surface area contributed by atoms with Crippen LogP contribution in [0.15, 0.2) is 65.6 Å². The molecule has 2 amide bonds. The van der Waals surface area contributed by atoms with Gasteiger partial charge in [0.15, 0.2) is 0 Å². The van der Waals surface area contributed by atoms with Gasteiger partial charge in [-0.05, 0) is 69.2 Å². The van der Waals surface area contributed by atoms with Gasteiger partial charge in [0.25, 0.3) is 15.7 Å². The first kappa shape index (κ1) is 34.6. The number of methoxy groups -OCH3 is 1. The van der Waals surface area contributed by atoms with Crippen molar-refractivity contribution in [3.63, 3.8) is 0 Å². The van der Waals surface area contributed by atoms with Gasteiger partial charge in [-0.15, -0.1) is 0 Å². The molecule has 0 bridgehead atoms. The minimum atomic E-state index is -4.63. The van der Waals surface area contributed by atoms with Gasteiger partial charge in [-0.2, -0.15) is 0 Å². The van der Waals surface area contributed by atoms with Gasteiger partial charge in [0.2, 0.25) is 11.8 Å². The van der Waals surface area contributed by atoms with Gasteiger partial charge < -0.3 is 15.0 Å². The second-order valence-corrected chi connectivity index (χ2v) is 12.9. The number of nitro groups is 1. The SMILES string of the molecule is CC[C@@H](C)NC(=O)[C@H](C)N(Cc1cccc(Cl)c1)C(=O)CN(c1cc(Cl)ccc1OC)S(=O)(=O)c1ccc(C)c([N+](=O)[O-])c1. The average Bonchev–Trinajstić information content (AvgIpc) is 2.97. The predicted molar refractivity (Wildman–Crippen MR) is 170 cm³/mol. The van der Waals surface area contributed by atoms with E-state index in [1.807, 2.05) is 13.8 Å². The Hall–Kier alpha value is -3.87. The van der Waals surface area contributed by atoms with E-state index in [0.717, 1.165) is 10.4 Å². The highest BCUT2D eigenvalue weighted by atomic mass is 35.5. The van der Waals surface area contributed by atoms with Crippen LogP contribution >= 0.6 is 23.2 Å². The Bertz CT molecular complexity index is 1650. The van der Waals surface area contributed by atoms with Crippen LogP contribution in [-0.2, 0) is 26.2 Å². The zero-order chi connectivity index (χ0) is 32.8. The molecule has 3 aromatic carbocycles. The lowest BCUT2D eigenvalue weighted by Crippen LogP contribution is -2.52. The summed E-state index contributed by atoms with van der Waals surface area (Å²) in [7, 11) is -3.31. The maximum absolute atomic E-state index is 14.2. The van der Waals surface area contributed by atoms with Gasteiger partial charge in [-0.25, -0.2) is 8.42 Å². The summed E-state index contributed by atoms with van der Waals surface area (Å²) in [5.74, 6) is -1.08. The number of rotatable bonds is 13. The molecule has 0 spiro atoms. The van der Waals surface area contributed by atoms with Crippen molar-refractivity contribution in [3.8, 4) is 5.75 Å². The van der Waals surface area contributed by atoms with Crippen molar-refractivity contribution in [2.45, 2.75) is 57.6 Å². The molecule has 0 aliphatic heterocycles. The molecule has 236 valence electrons. The number of nitrogens with one attached hydrogen (secondary N) is 1. The van der Waals surface area contributed by atoms with Crippen LogP contribution in [-0.4, -0.2) is 55.8 Å². The average molecular weight is 666 g/mol. The van der Waals surface area contributed by atoms with Crippen molar-refractivity contribution in [2.24, 2.45) is 0 Å². The van der Waals surface area contributed by atoms with E-state index < -0.39 is 49.9 Å². The molecule has 0 saturated carbocycles. The Balaban J connectivity index is 2.16. The molecular weight excluding hydrogens is 631 g/mol. The first-order valence-corrected chi connectivity index (χ1v) is 15.8. The van der Waals surface area contributed by atoms with E-state index in [9.17, 15) is 28.1 Å². The normalized spacial score (nSPS) is 12.6. The van der Waals surface area contributed by atoms with Crippen molar-refractivity contribution < 1.29 is 27.7 Å². The highest BCUT2D eigenvalue weighted by molar-refractivity contribution is 7.92. The standard InChI is InChI=1S/C30H34Cl2N4O7S/c1-6-20(3)33-30(38)21(4)34(17-22-8-7-9-23(31)14-22)29(37)18-35(27-15-24(32)11-13-28(27)43-5)44(41,42)25-12-10-19(2)26(16-25)36(39)40/h7-16,20-21H,6,17-18H2,1-5H3,(H,33,38)/t20-,21+/m1/s1. The summed E-state index contributed by atoms with van der Waals surface area (Å²) in [5.41, 5.74) is 0.382. The van der Waals surface area contributed by atoms with Crippen LogP contribution < -0.4 is 14.4 Å². The number of halogens is 2. The lowest BCUT2D eigenvalue weighted by molar-refractivity contribution is -0.385. The Kier molecular flexibility index (Phi) is 11.6. The molecule has 1 N–H and O–H groups in total. The van der Waals surface area contributed by atoms with Crippen LogP contribution in [0.3, 0.4) is 0 Å². The van der Waals surface area contributed by atoms with E-state index in [2.05, 4.69) is 5.32 Å². The first-order valence-electron chi connectivity index (χ1n) is 13.6. The summed E-state index contributed by atoms with van der Waals surface area (Å²) in [6.07, 6.45) is 0.657. The van der Waals surface area contributed by atoms with E-state index in [1.54, 1.807) is 31.2 Å². The van der Waals surface area contributed by atoms with Crippen molar-refractivity contribution in [1.82, 2.24) is 10.2 Å². The molecule has 0 heterocycles. The number of carbonyl (C=O) groups is 2. The number of hydrogen-bond donors (Lipinski definition) is 1. The first-order chi connectivity index (χ1) is 20.7. The fourth-order valence-electron chi connectivity index (χ4n) is 4.33. The van der Waals surface area contributed by atoms with E-state index in [0.29, 0.717) is 17.0 Å². The summed E-state index contributed by atoms with van der Waals surface area (Å²) < 4.78 is 34.6. The number of nitro benzene ring substituents is 1. The van der Waals surface area contributed by atoms with Crippen molar-refractivity contribution >= 4 is 56.4 Å². The van der Waals surface area contributed by atoms with Crippen LogP contribution in [0.4, 0.5) is 11.4 Å².